The Morgan fingerprint density at radius 3 is 2.37 bits per heavy atom. The Kier molecular flexibility index (Phi) is 9.64. The van der Waals surface area contributed by atoms with E-state index >= 15 is 0 Å². The molecular formula is C23H33N3O4. The zero-order valence-corrected chi connectivity index (χ0v) is 18.5. The summed E-state index contributed by atoms with van der Waals surface area (Å²) in [4.78, 5) is 4.27. The first-order valence-electron chi connectivity index (χ1n) is 10.1. The van der Waals surface area contributed by atoms with Crippen LogP contribution in [0.2, 0.25) is 0 Å². The molecule has 0 saturated carbocycles. The van der Waals surface area contributed by atoms with Gasteiger partial charge in [0.15, 0.2) is 29.0 Å². The second-order valence-corrected chi connectivity index (χ2v) is 6.72. The number of para-hydroxylation sites is 2. The number of guanidine groups is 1. The van der Waals surface area contributed by atoms with Crippen LogP contribution >= 0.6 is 0 Å². The smallest absolute Gasteiger partial charge is 0.191 e. The molecule has 30 heavy (non-hydrogen) atoms. The summed E-state index contributed by atoms with van der Waals surface area (Å²) in [6, 6.07) is 13.5. The van der Waals surface area contributed by atoms with Crippen molar-refractivity contribution in [2.75, 3.05) is 34.4 Å². The van der Waals surface area contributed by atoms with Crippen molar-refractivity contribution >= 4 is 5.96 Å². The van der Waals surface area contributed by atoms with Gasteiger partial charge >= 0.3 is 0 Å². The zero-order chi connectivity index (χ0) is 21.8. The predicted octanol–water partition coefficient (Wildman–Crippen LogP) is 3.63. The second kappa shape index (κ2) is 12.5. The van der Waals surface area contributed by atoms with Crippen molar-refractivity contribution in [3.05, 3.63) is 48.0 Å². The molecule has 1 atom stereocenters. The Hall–Kier alpha value is -3.09. The largest absolute Gasteiger partial charge is 0.493 e. The maximum atomic E-state index is 5.97. The summed E-state index contributed by atoms with van der Waals surface area (Å²) in [5.74, 6) is 3.61. The summed E-state index contributed by atoms with van der Waals surface area (Å²) in [6.07, 6.45) is 0.878. The molecule has 7 heteroatoms. The SMILES string of the molecule is CCCOc1ccc(CNC(=NC)NCC(C)Oc2ccccc2OC)cc1OC. The van der Waals surface area contributed by atoms with E-state index in [4.69, 9.17) is 18.9 Å². The minimum absolute atomic E-state index is 0.0741. The molecule has 0 aliphatic heterocycles. The van der Waals surface area contributed by atoms with Crippen LogP contribution in [0.4, 0.5) is 0 Å². The average molecular weight is 416 g/mol. The molecule has 164 valence electrons. The number of nitrogens with one attached hydrogen (secondary N) is 2. The number of aliphatic imine (C=N–C) groups is 1. The summed E-state index contributed by atoms with van der Waals surface area (Å²) >= 11 is 0. The Bertz CT molecular complexity index is 811. The summed E-state index contributed by atoms with van der Waals surface area (Å²) in [7, 11) is 5.02. The molecule has 2 aromatic rings. The molecule has 2 aromatic carbocycles. The molecule has 1 unspecified atom stereocenters. The van der Waals surface area contributed by atoms with Crippen LogP contribution in [0, 0.1) is 0 Å². The van der Waals surface area contributed by atoms with E-state index in [1.807, 2.05) is 49.4 Å². The molecule has 7 nitrogen and oxygen atoms in total. The van der Waals surface area contributed by atoms with Crippen molar-refractivity contribution in [2.45, 2.75) is 32.9 Å². The molecule has 0 aliphatic rings. The number of benzene rings is 2. The van der Waals surface area contributed by atoms with Gasteiger partial charge in [-0.25, -0.2) is 0 Å². The van der Waals surface area contributed by atoms with E-state index < -0.39 is 0 Å². The van der Waals surface area contributed by atoms with E-state index in [0.717, 1.165) is 29.2 Å². The number of hydrogen-bond donors (Lipinski definition) is 2. The maximum Gasteiger partial charge on any atom is 0.191 e. The molecule has 0 bridgehead atoms. The highest BCUT2D eigenvalue weighted by atomic mass is 16.5. The molecule has 2 rings (SSSR count). The third-order valence-corrected chi connectivity index (χ3v) is 4.33. The molecule has 0 spiro atoms. The second-order valence-electron chi connectivity index (χ2n) is 6.72. The average Bonchev–Trinajstić information content (AvgIpc) is 2.78. The van der Waals surface area contributed by atoms with E-state index in [9.17, 15) is 0 Å². The topological polar surface area (TPSA) is 73.3 Å². The highest BCUT2D eigenvalue weighted by Gasteiger charge is 2.10. The summed E-state index contributed by atoms with van der Waals surface area (Å²) in [5, 5.41) is 6.59. The Balaban J connectivity index is 1.86. The van der Waals surface area contributed by atoms with Crippen LogP contribution in [0.25, 0.3) is 0 Å². The lowest BCUT2D eigenvalue weighted by molar-refractivity contribution is 0.213. The van der Waals surface area contributed by atoms with Crippen molar-refractivity contribution in [3.8, 4) is 23.0 Å². The Morgan fingerprint density at radius 1 is 0.967 bits per heavy atom. The van der Waals surface area contributed by atoms with Crippen molar-refractivity contribution in [1.29, 1.82) is 0 Å². The summed E-state index contributed by atoms with van der Waals surface area (Å²) < 4.78 is 22.4. The Labute approximate surface area is 179 Å². The standard InChI is InChI=1S/C23H33N3O4/c1-6-13-29-20-12-11-18(14-22(20)28-5)16-26-23(24-3)25-15-17(2)30-21-10-8-7-9-19(21)27-4/h7-12,14,17H,6,13,15-16H2,1-5H3,(H2,24,25,26). The van der Waals surface area contributed by atoms with Crippen molar-refractivity contribution < 1.29 is 18.9 Å². The van der Waals surface area contributed by atoms with Crippen molar-refractivity contribution in [2.24, 2.45) is 4.99 Å². The van der Waals surface area contributed by atoms with Gasteiger partial charge in [0.05, 0.1) is 27.4 Å². The van der Waals surface area contributed by atoms with Crippen LogP contribution in [0.15, 0.2) is 47.5 Å². The van der Waals surface area contributed by atoms with E-state index in [-0.39, 0.29) is 6.10 Å². The van der Waals surface area contributed by atoms with Gasteiger partial charge in [0.1, 0.15) is 6.10 Å². The van der Waals surface area contributed by atoms with Gasteiger partial charge < -0.3 is 29.6 Å². The molecule has 0 heterocycles. The number of rotatable bonds is 11. The molecule has 0 fully saturated rings. The first-order chi connectivity index (χ1) is 14.6. The van der Waals surface area contributed by atoms with Gasteiger partial charge in [0, 0.05) is 13.6 Å². The summed E-state index contributed by atoms with van der Waals surface area (Å²) in [6.45, 7) is 5.93. The molecule has 2 N–H and O–H groups in total. The van der Waals surface area contributed by atoms with Gasteiger partial charge in [0.2, 0.25) is 0 Å². The summed E-state index contributed by atoms with van der Waals surface area (Å²) in [5.41, 5.74) is 1.07. The Morgan fingerprint density at radius 2 is 1.70 bits per heavy atom. The maximum absolute atomic E-state index is 5.97. The lowest BCUT2D eigenvalue weighted by atomic mass is 10.2. The zero-order valence-electron chi connectivity index (χ0n) is 18.5. The van der Waals surface area contributed by atoms with Gasteiger partial charge in [0.25, 0.3) is 0 Å². The van der Waals surface area contributed by atoms with Gasteiger partial charge in [-0.15, -0.1) is 0 Å². The lowest BCUT2D eigenvalue weighted by Crippen LogP contribution is -2.41. The minimum atomic E-state index is -0.0741. The van der Waals surface area contributed by atoms with E-state index in [1.165, 1.54) is 0 Å². The van der Waals surface area contributed by atoms with E-state index in [0.29, 0.717) is 31.4 Å². The van der Waals surface area contributed by atoms with Gasteiger partial charge in [-0.3, -0.25) is 4.99 Å². The predicted molar refractivity (Wildman–Crippen MR) is 120 cm³/mol. The van der Waals surface area contributed by atoms with Crippen LogP contribution in [0.3, 0.4) is 0 Å². The third kappa shape index (κ3) is 7.06. The van der Waals surface area contributed by atoms with Crippen LogP contribution < -0.4 is 29.6 Å². The fourth-order valence-electron chi connectivity index (χ4n) is 2.77. The van der Waals surface area contributed by atoms with Crippen molar-refractivity contribution in [3.63, 3.8) is 0 Å². The quantitative estimate of drug-likeness (QED) is 0.431. The lowest BCUT2D eigenvalue weighted by Gasteiger charge is -2.19. The first kappa shape index (κ1) is 23.2. The fraction of sp³-hybridized carbons (Fsp3) is 0.435. The first-order valence-corrected chi connectivity index (χ1v) is 10.1. The number of nitrogens with zero attached hydrogens (tertiary/aromatic N) is 1. The number of methoxy groups -OCH3 is 2. The van der Waals surface area contributed by atoms with E-state index in [1.54, 1.807) is 21.3 Å². The molecular weight excluding hydrogens is 382 g/mol. The minimum Gasteiger partial charge on any atom is -0.493 e. The molecule has 0 aromatic heterocycles. The van der Waals surface area contributed by atoms with E-state index in [2.05, 4.69) is 22.5 Å². The normalized spacial score (nSPS) is 12.1. The van der Waals surface area contributed by atoms with Crippen LogP contribution in [-0.2, 0) is 6.54 Å². The molecule has 0 saturated heterocycles. The van der Waals surface area contributed by atoms with Crippen LogP contribution in [0.1, 0.15) is 25.8 Å². The third-order valence-electron chi connectivity index (χ3n) is 4.33. The number of hydrogen-bond acceptors (Lipinski definition) is 5. The monoisotopic (exact) mass is 415 g/mol. The fourth-order valence-corrected chi connectivity index (χ4v) is 2.77. The highest BCUT2D eigenvalue weighted by molar-refractivity contribution is 5.79. The van der Waals surface area contributed by atoms with Crippen LogP contribution in [0.5, 0.6) is 23.0 Å². The molecule has 0 amide bonds. The van der Waals surface area contributed by atoms with Gasteiger partial charge in [-0.2, -0.15) is 0 Å². The van der Waals surface area contributed by atoms with Crippen LogP contribution in [-0.4, -0.2) is 46.5 Å². The molecule has 0 aliphatic carbocycles. The van der Waals surface area contributed by atoms with Crippen molar-refractivity contribution in [1.82, 2.24) is 10.6 Å². The van der Waals surface area contributed by atoms with Gasteiger partial charge in [-0.1, -0.05) is 25.1 Å². The van der Waals surface area contributed by atoms with Gasteiger partial charge in [-0.05, 0) is 43.2 Å². The molecule has 0 radical (unpaired) electrons. The number of ether oxygens (including phenoxy) is 4. The highest BCUT2D eigenvalue weighted by Crippen LogP contribution is 2.28.